The van der Waals surface area contributed by atoms with Gasteiger partial charge < -0.3 is 0 Å². The Morgan fingerprint density at radius 2 is 1.64 bits per heavy atom. The van der Waals surface area contributed by atoms with E-state index in [-0.39, 0.29) is 16.6 Å². The second kappa shape index (κ2) is 7.08. The lowest BCUT2D eigenvalue weighted by atomic mass is 10.0. The molecule has 0 N–H and O–H groups in total. The van der Waals surface area contributed by atoms with Gasteiger partial charge in [0.25, 0.3) is 11.2 Å². The number of aromatic nitrogens is 2. The maximum atomic E-state index is 12.9. The zero-order valence-electron chi connectivity index (χ0n) is 15.2. The van der Waals surface area contributed by atoms with Crippen molar-refractivity contribution in [2.75, 3.05) is 0 Å². The average molecular weight is 371 g/mol. The fourth-order valence-corrected chi connectivity index (χ4v) is 3.24. The third-order valence-electron chi connectivity index (χ3n) is 4.74. The van der Waals surface area contributed by atoms with E-state index in [4.69, 9.17) is 0 Å². The smallest absolute Gasteiger partial charge is 0.270 e. The number of benzene rings is 3. The van der Waals surface area contributed by atoms with Crippen molar-refractivity contribution in [2.45, 2.75) is 13.5 Å². The summed E-state index contributed by atoms with van der Waals surface area (Å²) in [7, 11) is 0. The monoisotopic (exact) mass is 371 g/mol. The molecule has 28 heavy (non-hydrogen) atoms. The Balaban J connectivity index is 1.71. The second-order valence-corrected chi connectivity index (χ2v) is 6.57. The van der Waals surface area contributed by atoms with Gasteiger partial charge >= 0.3 is 0 Å². The highest BCUT2D eigenvalue weighted by atomic mass is 16.6. The molecule has 0 bridgehead atoms. The first-order chi connectivity index (χ1) is 13.5. The first-order valence-corrected chi connectivity index (χ1v) is 8.83. The number of fused-ring (bicyclic) bond motifs is 1. The number of hydrogen-bond acceptors (Lipinski definition) is 4. The van der Waals surface area contributed by atoms with Crippen LogP contribution in [0.3, 0.4) is 0 Å². The van der Waals surface area contributed by atoms with Gasteiger partial charge in [-0.3, -0.25) is 19.5 Å². The minimum Gasteiger partial charge on any atom is -0.292 e. The van der Waals surface area contributed by atoms with Gasteiger partial charge in [0.2, 0.25) is 0 Å². The maximum absolute atomic E-state index is 12.9. The summed E-state index contributed by atoms with van der Waals surface area (Å²) in [4.78, 5) is 27.9. The van der Waals surface area contributed by atoms with Gasteiger partial charge in [-0.05, 0) is 29.7 Å². The minimum atomic E-state index is -0.509. The van der Waals surface area contributed by atoms with E-state index in [9.17, 15) is 14.9 Å². The van der Waals surface area contributed by atoms with Crippen LogP contribution >= 0.6 is 0 Å². The van der Waals surface area contributed by atoms with Crippen molar-refractivity contribution in [3.8, 4) is 11.1 Å². The van der Waals surface area contributed by atoms with Crippen LogP contribution in [-0.2, 0) is 6.54 Å². The number of hydrogen-bond donors (Lipinski definition) is 0. The molecule has 4 rings (SSSR count). The van der Waals surface area contributed by atoms with Crippen molar-refractivity contribution >= 4 is 16.6 Å². The normalized spacial score (nSPS) is 10.9. The molecule has 0 atom stereocenters. The Morgan fingerprint density at radius 1 is 0.964 bits per heavy atom. The molecule has 0 unspecified atom stereocenters. The highest BCUT2D eigenvalue weighted by molar-refractivity contribution is 5.80. The van der Waals surface area contributed by atoms with Gasteiger partial charge in [-0.1, -0.05) is 54.6 Å². The molecule has 0 fully saturated rings. The van der Waals surface area contributed by atoms with Crippen LogP contribution in [0.15, 0.2) is 77.6 Å². The predicted octanol–water partition coefficient (Wildman–Crippen LogP) is 4.33. The molecule has 0 radical (unpaired) electrons. The van der Waals surface area contributed by atoms with Gasteiger partial charge in [0.15, 0.2) is 0 Å². The molecule has 3 aromatic carbocycles. The van der Waals surface area contributed by atoms with Crippen molar-refractivity contribution < 1.29 is 4.92 Å². The zero-order chi connectivity index (χ0) is 19.7. The van der Waals surface area contributed by atoms with Crippen LogP contribution in [0, 0.1) is 17.0 Å². The van der Waals surface area contributed by atoms with E-state index in [2.05, 4.69) is 4.98 Å². The van der Waals surface area contributed by atoms with Gasteiger partial charge in [0, 0.05) is 12.1 Å². The lowest BCUT2D eigenvalue weighted by Crippen LogP contribution is -2.24. The summed E-state index contributed by atoms with van der Waals surface area (Å²) < 4.78 is 1.55. The van der Waals surface area contributed by atoms with Crippen molar-refractivity contribution in [1.29, 1.82) is 0 Å². The van der Waals surface area contributed by atoms with E-state index in [1.54, 1.807) is 11.5 Å². The molecule has 0 aliphatic carbocycles. The number of rotatable bonds is 4. The average Bonchev–Trinajstić information content (AvgIpc) is 2.72. The standard InChI is InChI=1S/C22H17N3O3/c1-15-23-21-12-11-19(25(27)28)13-20(21)22(26)24(15)14-16-7-9-18(10-8-16)17-5-3-2-4-6-17/h2-13H,14H2,1H3. The SMILES string of the molecule is Cc1nc2ccc([N+](=O)[O-])cc2c(=O)n1Cc1ccc(-c2ccccc2)cc1. The summed E-state index contributed by atoms with van der Waals surface area (Å²) in [5.74, 6) is 0.568. The molecule has 1 aromatic heterocycles. The largest absolute Gasteiger partial charge is 0.292 e. The van der Waals surface area contributed by atoms with Crippen LogP contribution in [0.25, 0.3) is 22.0 Å². The Kier molecular flexibility index (Phi) is 4.45. The topological polar surface area (TPSA) is 78.0 Å². The van der Waals surface area contributed by atoms with Crippen LogP contribution < -0.4 is 5.56 Å². The lowest BCUT2D eigenvalue weighted by Gasteiger charge is -2.11. The zero-order valence-corrected chi connectivity index (χ0v) is 15.2. The van der Waals surface area contributed by atoms with Crippen LogP contribution in [-0.4, -0.2) is 14.5 Å². The fourth-order valence-electron chi connectivity index (χ4n) is 3.24. The highest BCUT2D eigenvalue weighted by Crippen LogP contribution is 2.20. The first-order valence-electron chi connectivity index (χ1n) is 8.83. The van der Waals surface area contributed by atoms with Crippen LogP contribution in [0.4, 0.5) is 5.69 Å². The minimum absolute atomic E-state index is 0.117. The molecule has 6 nitrogen and oxygen atoms in total. The van der Waals surface area contributed by atoms with E-state index in [0.717, 1.165) is 16.7 Å². The molecular formula is C22H17N3O3. The van der Waals surface area contributed by atoms with Crippen molar-refractivity contribution in [1.82, 2.24) is 9.55 Å². The summed E-state index contributed by atoms with van der Waals surface area (Å²) in [5, 5.41) is 11.3. The lowest BCUT2D eigenvalue weighted by molar-refractivity contribution is -0.384. The van der Waals surface area contributed by atoms with E-state index in [0.29, 0.717) is 17.9 Å². The molecule has 1 heterocycles. The molecule has 6 heteroatoms. The molecule has 0 saturated carbocycles. The van der Waals surface area contributed by atoms with Crippen LogP contribution in [0.5, 0.6) is 0 Å². The quantitative estimate of drug-likeness (QED) is 0.395. The molecule has 4 aromatic rings. The second-order valence-electron chi connectivity index (χ2n) is 6.57. The Labute approximate surface area is 160 Å². The molecule has 0 aliphatic rings. The molecule has 0 aliphatic heterocycles. The van der Waals surface area contributed by atoms with E-state index >= 15 is 0 Å². The predicted molar refractivity (Wildman–Crippen MR) is 108 cm³/mol. The van der Waals surface area contributed by atoms with E-state index < -0.39 is 4.92 Å². The molecule has 0 amide bonds. The maximum Gasteiger partial charge on any atom is 0.270 e. The van der Waals surface area contributed by atoms with E-state index in [1.807, 2.05) is 54.6 Å². The van der Waals surface area contributed by atoms with Gasteiger partial charge in [-0.2, -0.15) is 0 Å². The van der Waals surface area contributed by atoms with Gasteiger partial charge in [-0.25, -0.2) is 4.98 Å². The highest BCUT2D eigenvalue weighted by Gasteiger charge is 2.13. The van der Waals surface area contributed by atoms with Crippen molar-refractivity contribution in [3.63, 3.8) is 0 Å². The van der Waals surface area contributed by atoms with Gasteiger partial charge in [0.1, 0.15) is 5.82 Å². The summed E-state index contributed by atoms with van der Waals surface area (Å²) in [6.45, 7) is 2.12. The number of aryl methyl sites for hydroxylation is 1. The summed E-state index contributed by atoms with van der Waals surface area (Å²) in [6.07, 6.45) is 0. The Morgan fingerprint density at radius 3 is 2.32 bits per heavy atom. The Bertz CT molecular complexity index is 1230. The van der Waals surface area contributed by atoms with Crippen molar-refractivity contribution in [3.05, 3.63) is 105 Å². The summed E-state index contributed by atoms with van der Waals surface area (Å²) in [5.41, 5.74) is 3.25. The van der Waals surface area contributed by atoms with Crippen LogP contribution in [0.2, 0.25) is 0 Å². The molecule has 0 saturated heterocycles. The third kappa shape index (κ3) is 3.27. The number of nitro groups is 1. The number of non-ortho nitro benzene ring substituents is 1. The van der Waals surface area contributed by atoms with E-state index in [1.165, 1.54) is 18.2 Å². The summed E-state index contributed by atoms with van der Waals surface area (Å²) >= 11 is 0. The third-order valence-corrected chi connectivity index (χ3v) is 4.74. The van der Waals surface area contributed by atoms with Crippen LogP contribution in [0.1, 0.15) is 11.4 Å². The first kappa shape index (κ1) is 17.6. The molecule has 138 valence electrons. The molecular weight excluding hydrogens is 354 g/mol. The van der Waals surface area contributed by atoms with Gasteiger partial charge in [0.05, 0.1) is 22.4 Å². The van der Waals surface area contributed by atoms with Crippen molar-refractivity contribution in [2.24, 2.45) is 0 Å². The Hall–Kier alpha value is -3.80. The van der Waals surface area contributed by atoms with Gasteiger partial charge in [-0.15, -0.1) is 0 Å². The number of nitrogens with zero attached hydrogens (tertiary/aromatic N) is 3. The number of nitro benzene ring substituents is 1. The molecule has 0 spiro atoms. The fraction of sp³-hybridized carbons (Fsp3) is 0.0909. The summed E-state index contributed by atoms with van der Waals surface area (Å²) in [6, 6.07) is 22.2.